The summed E-state index contributed by atoms with van der Waals surface area (Å²) < 4.78 is 14.1. The molecule has 0 unspecified atom stereocenters. The summed E-state index contributed by atoms with van der Waals surface area (Å²) in [4.78, 5) is 11.4. The van der Waals surface area contributed by atoms with Crippen LogP contribution in [0.1, 0.15) is 0 Å². The Bertz CT molecular complexity index is 835. The Labute approximate surface area is 124 Å². The fourth-order valence-corrected chi connectivity index (χ4v) is 3.20. The molecular weight excluding hydrogens is 289 g/mol. The van der Waals surface area contributed by atoms with Crippen molar-refractivity contribution in [3.8, 4) is 0 Å². The van der Waals surface area contributed by atoms with Crippen molar-refractivity contribution in [2.24, 2.45) is 0 Å². The highest BCUT2D eigenvalue weighted by molar-refractivity contribution is 7.99. The summed E-state index contributed by atoms with van der Waals surface area (Å²) in [6.07, 6.45) is 0. The maximum atomic E-state index is 14.1. The molecule has 0 fully saturated rings. The van der Waals surface area contributed by atoms with Gasteiger partial charge in [-0.1, -0.05) is 54.2 Å². The van der Waals surface area contributed by atoms with Gasteiger partial charge in [-0.05, 0) is 22.9 Å². The summed E-state index contributed by atoms with van der Waals surface area (Å²) in [6.45, 7) is 0. The van der Waals surface area contributed by atoms with Crippen LogP contribution in [0.2, 0.25) is 0 Å². The number of rotatable bonds is 3. The second-order valence-electron chi connectivity index (χ2n) is 4.42. The molecule has 0 radical (unpaired) electrons. The van der Waals surface area contributed by atoms with Crippen LogP contribution < -0.4 is 0 Å². The number of nitro benzene ring substituents is 1. The third kappa shape index (κ3) is 2.60. The van der Waals surface area contributed by atoms with Gasteiger partial charge in [0.1, 0.15) is 5.82 Å². The predicted octanol–water partition coefficient (Wildman–Crippen LogP) is 5.04. The number of nitrogens with zero attached hydrogens (tertiary/aromatic N) is 1. The lowest BCUT2D eigenvalue weighted by atomic mass is 10.1. The second-order valence-corrected chi connectivity index (χ2v) is 5.48. The van der Waals surface area contributed by atoms with Crippen molar-refractivity contribution in [3.05, 3.63) is 76.6 Å². The molecule has 21 heavy (non-hydrogen) atoms. The van der Waals surface area contributed by atoms with Gasteiger partial charge in [-0.2, -0.15) is 0 Å². The predicted molar refractivity (Wildman–Crippen MR) is 81.1 cm³/mol. The molecule has 0 amide bonds. The maximum Gasteiger partial charge on any atom is 0.283 e. The number of para-hydroxylation sites is 1. The Morgan fingerprint density at radius 1 is 0.952 bits per heavy atom. The number of fused-ring (bicyclic) bond motifs is 1. The van der Waals surface area contributed by atoms with Crippen LogP contribution in [-0.2, 0) is 0 Å². The van der Waals surface area contributed by atoms with E-state index in [1.54, 1.807) is 24.3 Å². The van der Waals surface area contributed by atoms with Gasteiger partial charge in [-0.15, -0.1) is 0 Å². The van der Waals surface area contributed by atoms with E-state index in [9.17, 15) is 14.5 Å². The van der Waals surface area contributed by atoms with E-state index in [4.69, 9.17) is 0 Å². The van der Waals surface area contributed by atoms with Crippen LogP contribution >= 0.6 is 11.8 Å². The summed E-state index contributed by atoms with van der Waals surface area (Å²) in [5.74, 6) is -0.378. The fraction of sp³-hybridized carbons (Fsp3) is 0. The Kier molecular flexibility index (Phi) is 3.58. The van der Waals surface area contributed by atoms with E-state index in [1.807, 2.05) is 24.3 Å². The average molecular weight is 299 g/mol. The van der Waals surface area contributed by atoms with Crippen molar-refractivity contribution in [2.75, 3.05) is 0 Å². The third-order valence-electron chi connectivity index (χ3n) is 3.11. The molecule has 3 aromatic rings. The van der Waals surface area contributed by atoms with Crippen LogP contribution in [0.3, 0.4) is 0 Å². The zero-order valence-corrected chi connectivity index (χ0v) is 11.6. The minimum absolute atomic E-state index is 0.0187. The highest BCUT2D eigenvalue weighted by Gasteiger charge is 2.17. The van der Waals surface area contributed by atoms with Gasteiger partial charge in [0.05, 0.1) is 14.7 Å². The third-order valence-corrected chi connectivity index (χ3v) is 4.29. The van der Waals surface area contributed by atoms with E-state index in [0.717, 1.165) is 22.5 Å². The van der Waals surface area contributed by atoms with Gasteiger partial charge in [-0.3, -0.25) is 10.1 Å². The summed E-state index contributed by atoms with van der Waals surface area (Å²) in [6, 6.07) is 16.8. The monoisotopic (exact) mass is 299 g/mol. The molecule has 0 N–H and O–H groups in total. The minimum Gasteiger partial charge on any atom is -0.258 e. The number of nitro groups is 1. The zero-order valence-electron chi connectivity index (χ0n) is 10.8. The lowest BCUT2D eigenvalue weighted by Crippen LogP contribution is -1.91. The smallest absolute Gasteiger partial charge is 0.258 e. The summed E-state index contributed by atoms with van der Waals surface area (Å²) in [5.41, 5.74) is -0.0187. The van der Waals surface area contributed by atoms with Crippen LogP contribution in [-0.4, -0.2) is 4.92 Å². The molecule has 0 spiro atoms. The maximum absolute atomic E-state index is 14.1. The van der Waals surface area contributed by atoms with Crippen LogP contribution in [0.4, 0.5) is 10.1 Å². The van der Waals surface area contributed by atoms with E-state index in [0.29, 0.717) is 9.79 Å². The lowest BCUT2D eigenvalue weighted by Gasteiger charge is -2.08. The zero-order chi connectivity index (χ0) is 14.8. The molecule has 3 rings (SSSR count). The standard InChI is InChI=1S/C16H10FNO2S/c17-13-10-9-11-5-1-2-6-12(11)16(13)21-15-8-4-3-7-14(15)18(19)20/h1-10H. The molecular formula is C16H10FNO2S. The Balaban J connectivity index is 2.15. The Hall–Kier alpha value is -2.40. The highest BCUT2D eigenvalue weighted by atomic mass is 32.2. The number of halogens is 1. The van der Waals surface area contributed by atoms with Crippen molar-refractivity contribution in [3.63, 3.8) is 0 Å². The first kappa shape index (κ1) is 13.6. The van der Waals surface area contributed by atoms with E-state index < -0.39 is 4.92 Å². The van der Waals surface area contributed by atoms with Crippen molar-refractivity contribution in [1.82, 2.24) is 0 Å². The van der Waals surface area contributed by atoms with E-state index in [1.165, 1.54) is 12.1 Å². The quantitative estimate of drug-likeness (QED) is 0.502. The first-order valence-corrected chi connectivity index (χ1v) is 7.07. The van der Waals surface area contributed by atoms with Gasteiger partial charge in [0, 0.05) is 6.07 Å². The Morgan fingerprint density at radius 3 is 2.48 bits per heavy atom. The van der Waals surface area contributed by atoms with E-state index in [-0.39, 0.29) is 11.5 Å². The summed E-state index contributed by atoms with van der Waals surface area (Å²) in [7, 11) is 0. The molecule has 0 saturated carbocycles. The van der Waals surface area contributed by atoms with Crippen LogP contribution in [0, 0.1) is 15.9 Å². The number of hydrogen-bond donors (Lipinski definition) is 0. The average Bonchev–Trinajstić information content (AvgIpc) is 2.50. The van der Waals surface area contributed by atoms with Crippen LogP contribution in [0.25, 0.3) is 10.8 Å². The summed E-state index contributed by atoms with van der Waals surface area (Å²) >= 11 is 1.08. The molecule has 3 nitrogen and oxygen atoms in total. The van der Waals surface area contributed by atoms with Gasteiger partial charge >= 0.3 is 0 Å². The molecule has 0 saturated heterocycles. The van der Waals surface area contributed by atoms with E-state index in [2.05, 4.69) is 0 Å². The first-order chi connectivity index (χ1) is 10.2. The second kappa shape index (κ2) is 5.54. The fourth-order valence-electron chi connectivity index (χ4n) is 2.12. The van der Waals surface area contributed by atoms with Gasteiger partial charge in [0.15, 0.2) is 0 Å². The van der Waals surface area contributed by atoms with Gasteiger partial charge in [0.25, 0.3) is 5.69 Å². The molecule has 5 heteroatoms. The van der Waals surface area contributed by atoms with Gasteiger partial charge in [-0.25, -0.2) is 4.39 Å². The molecule has 0 heterocycles. The van der Waals surface area contributed by atoms with Crippen LogP contribution in [0.5, 0.6) is 0 Å². The lowest BCUT2D eigenvalue weighted by molar-refractivity contribution is -0.387. The number of hydrogen-bond acceptors (Lipinski definition) is 3. The van der Waals surface area contributed by atoms with Crippen molar-refractivity contribution < 1.29 is 9.31 Å². The highest BCUT2D eigenvalue weighted by Crippen LogP contribution is 2.39. The topological polar surface area (TPSA) is 43.1 Å². The molecule has 104 valence electrons. The SMILES string of the molecule is O=[N+]([O-])c1ccccc1Sc1c(F)ccc2ccccc12. The van der Waals surface area contributed by atoms with Gasteiger partial charge in [0.2, 0.25) is 0 Å². The van der Waals surface area contributed by atoms with Gasteiger partial charge < -0.3 is 0 Å². The van der Waals surface area contributed by atoms with E-state index >= 15 is 0 Å². The molecule has 0 aliphatic rings. The molecule has 0 aliphatic heterocycles. The Morgan fingerprint density at radius 2 is 1.67 bits per heavy atom. The largest absolute Gasteiger partial charge is 0.283 e. The molecule has 0 aromatic heterocycles. The first-order valence-electron chi connectivity index (χ1n) is 6.25. The molecule has 0 bridgehead atoms. The van der Waals surface area contributed by atoms with Crippen molar-refractivity contribution in [2.45, 2.75) is 9.79 Å². The molecule has 0 aliphatic carbocycles. The molecule has 0 atom stereocenters. The number of benzene rings is 3. The van der Waals surface area contributed by atoms with Crippen LogP contribution in [0.15, 0.2) is 70.5 Å². The summed E-state index contributed by atoms with van der Waals surface area (Å²) in [5, 5.41) is 12.7. The molecule has 3 aromatic carbocycles. The normalized spacial score (nSPS) is 10.7. The van der Waals surface area contributed by atoms with Crippen molar-refractivity contribution >= 4 is 28.2 Å². The minimum atomic E-state index is -0.453. The van der Waals surface area contributed by atoms with Crippen molar-refractivity contribution in [1.29, 1.82) is 0 Å².